The van der Waals surface area contributed by atoms with Gasteiger partial charge in [0.1, 0.15) is 17.5 Å². The van der Waals surface area contributed by atoms with Crippen LogP contribution < -0.4 is 20.9 Å². The summed E-state index contributed by atoms with van der Waals surface area (Å²) in [5.41, 5.74) is 2.17. The minimum atomic E-state index is -0.344. The highest BCUT2D eigenvalue weighted by molar-refractivity contribution is 6.32. The number of halogens is 1. The number of benzene rings is 2. The van der Waals surface area contributed by atoms with Gasteiger partial charge in [0.25, 0.3) is 11.1 Å². The molecule has 2 N–H and O–H groups in total. The Labute approximate surface area is 288 Å². The highest BCUT2D eigenvalue weighted by atomic mass is 35.5. The third-order valence-corrected chi connectivity index (χ3v) is 8.87. The van der Waals surface area contributed by atoms with Crippen LogP contribution in [-0.4, -0.2) is 116 Å². The van der Waals surface area contributed by atoms with Crippen LogP contribution in [0.15, 0.2) is 76.4 Å². The molecule has 4 aromatic heterocycles. The number of aromatic nitrogens is 8. The van der Waals surface area contributed by atoms with Gasteiger partial charge >= 0.3 is 0 Å². The number of nitrogens with zero attached hydrogens (tertiary/aromatic N) is 10. The highest BCUT2D eigenvalue weighted by Crippen LogP contribution is 2.25. The van der Waals surface area contributed by atoms with E-state index in [-0.39, 0.29) is 28.7 Å². The first-order chi connectivity index (χ1) is 23.8. The van der Waals surface area contributed by atoms with Gasteiger partial charge in [0.05, 0.1) is 6.20 Å². The summed E-state index contributed by atoms with van der Waals surface area (Å²) in [4.78, 5) is 65.7. The van der Waals surface area contributed by atoms with Gasteiger partial charge in [-0.05, 0) is 14.1 Å². The number of anilines is 2. The van der Waals surface area contributed by atoms with E-state index in [1.807, 2.05) is 60.7 Å². The molecule has 6 aromatic rings. The predicted octanol–water partition coefficient (Wildman–Crippen LogP) is 3.16. The van der Waals surface area contributed by atoms with E-state index in [0.29, 0.717) is 28.8 Å². The molecule has 0 unspecified atom stereocenters. The Kier molecular flexibility index (Phi) is 9.24. The Balaban J connectivity index is 0.000000170. The summed E-state index contributed by atoms with van der Waals surface area (Å²) in [6, 6.07) is 19.0. The molecule has 0 radical (unpaired) electrons. The summed E-state index contributed by atoms with van der Waals surface area (Å²) in [6.45, 7) is 7.23. The van der Waals surface area contributed by atoms with Gasteiger partial charge < -0.3 is 29.6 Å². The Morgan fingerprint density at radius 2 is 1.10 bits per heavy atom. The van der Waals surface area contributed by atoms with Crippen molar-refractivity contribution in [3.8, 4) is 22.8 Å². The molecule has 49 heavy (non-hydrogen) atoms. The molecule has 252 valence electrons. The first-order valence-electron chi connectivity index (χ1n) is 16.0. The summed E-state index contributed by atoms with van der Waals surface area (Å²) in [5, 5.41) is 0.233. The van der Waals surface area contributed by atoms with Gasteiger partial charge in [0.2, 0.25) is 0 Å². The second-order valence-electron chi connectivity index (χ2n) is 12.1. The van der Waals surface area contributed by atoms with Gasteiger partial charge in [-0.15, -0.1) is 0 Å². The number of hydrogen-bond donors (Lipinski definition) is 2. The van der Waals surface area contributed by atoms with E-state index >= 15 is 0 Å². The number of nitrogens with one attached hydrogen (secondary N) is 2. The Hall–Kier alpha value is -5.31. The van der Waals surface area contributed by atoms with Crippen LogP contribution >= 0.6 is 11.6 Å². The molecule has 0 saturated carbocycles. The second-order valence-corrected chi connectivity index (χ2v) is 12.4. The van der Waals surface area contributed by atoms with Crippen LogP contribution in [0.2, 0.25) is 5.15 Å². The fourth-order valence-electron chi connectivity index (χ4n) is 5.71. The van der Waals surface area contributed by atoms with Gasteiger partial charge in [0, 0.05) is 64.9 Å². The quantitative estimate of drug-likeness (QED) is 0.281. The van der Waals surface area contributed by atoms with Crippen molar-refractivity contribution in [1.29, 1.82) is 0 Å². The number of piperazine rings is 2. The van der Waals surface area contributed by atoms with Crippen molar-refractivity contribution in [3.63, 3.8) is 0 Å². The molecule has 6 heterocycles. The lowest BCUT2D eigenvalue weighted by Gasteiger charge is -2.33. The summed E-state index contributed by atoms with van der Waals surface area (Å²) >= 11 is 6.29. The maximum absolute atomic E-state index is 12.4. The van der Waals surface area contributed by atoms with Crippen LogP contribution in [0.5, 0.6) is 0 Å². The van der Waals surface area contributed by atoms with Crippen molar-refractivity contribution in [1.82, 2.24) is 49.7 Å². The monoisotopic (exact) mass is 680 g/mol. The predicted molar refractivity (Wildman–Crippen MR) is 193 cm³/mol. The van der Waals surface area contributed by atoms with E-state index in [9.17, 15) is 9.59 Å². The second kappa shape index (κ2) is 14.0. The lowest BCUT2D eigenvalue weighted by Crippen LogP contribution is -2.45. The van der Waals surface area contributed by atoms with Crippen molar-refractivity contribution < 1.29 is 1.43 Å². The average Bonchev–Trinajstić information content (AvgIpc) is 3.13. The molecule has 0 amide bonds. The minimum absolute atomic E-state index is 0. The smallest absolute Gasteiger partial charge is 0.279 e. The van der Waals surface area contributed by atoms with Gasteiger partial charge in [-0.2, -0.15) is 0 Å². The molecule has 2 aliphatic rings. The van der Waals surface area contributed by atoms with Crippen molar-refractivity contribution in [3.05, 3.63) is 92.7 Å². The van der Waals surface area contributed by atoms with Crippen LogP contribution in [0.4, 0.5) is 11.6 Å². The van der Waals surface area contributed by atoms with Crippen molar-refractivity contribution in [2.75, 3.05) is 76.3 Å². The zero-order valence-electron chi connectivity index (χ0n) is 27.2. The number of hydrogen-bond acceptors (Lipinski definition) is 12. The van der Waals surface area contributed by atoms with Gasteiger partial charge in [-0.3, -0.25) is 9.59 Å². The lowest BCUT2D eigenvalue weighted by molar-refractivity contribution is 0.312. The maximum atomic E-state index is 12.4. The molecular formula is C34H37ClN12O2. The largest absolute Gasteiger partial charge is 0.353 e. The Morgan fingerprint density at radius 3 is 1.65 bits per heavy atom. The first-order valence-corrected chi connectivity index (χ1v) is 16.4. The fourth-order valence-corrected chi connectivity index (χ4v) is 5.96. The lowest BCUT2D eigenvalue weighted by atomic mass is 10.2. The summed E-state index contributed by atoms with van der Waals surface area (Å²) < 4.78 is 0. The first kappa shape index (κ1) is 32.2. The van der Waals surface area contributed by atoms with Crippen LogP contribution in [0, 0.1) is 0 Å². The molecule has 15 heteroatoms. The summed E-state index contributed by atoms with van der Waals surface area (Å²) in [6.07, 6.45) is 1.66. The molecule has 2 saturated heterocycles. The zero-order valence-corrected chi connectivity index (χ0v) is 27.9. The molecule has 0 atom stereocenters. The van der Waals surface area contributed by atoms with E-state index in [4.69, 9.17) is 11.6 Å². The standard InChI is InChI=1S/C17H17ClN6O.C17H18N6O.H2/c1-23-7-9-24(10-8-23)16-13(18)19-12-15(21-16)20-14(22-17(12)25)11-5-3-2-4-6-11;1-22-7-9-23(10-8-22)13-11-18-14-16(19-13)20-15(21-17(14)24)12-5-3-2-4-6-12;/h2-6H,7-10H2,1H3,(H,20,21,22,25);2-6,11H,7-10H2,1H3,(H,19,20,21,24);1H. The van der Waals surface area contributed by atoms with E-state index < -0.39 is 0 Å². The SMILES string of the molecule is CN1CCN(c2cnc3c(=O)[nH]c(-c4ccccc4)nc3n2)CC1.CN1CCN(c2nc3nc(-c4ccccc4)[nH]c(=O)c3nc2Cl)CC1.[HH]. The molecule has 2 fully saturated rings. The van der Waals surface area contributed by atoms with Crippen molar-refractivity contribution >= 4 is 45.6 Å². The minimum Gasteiger partial charge on any atom is -0.353 e. The topological polar surface area (TPSA) is 156 Å². The Morgan fingerprint density at radius 1 is 0.612 bits per heavy atom. The molecule has 0 bridgehead atoms. The van der Waals surface area contributed by atoms with Gasteiger partial charge in [-0.25, -0.2) is 29.9 Å². The number of fused-ring (bicyclic) bond motifs is 2. The third-order valence-electron chi connectivity index (χ3n) is 8.61. The molecule has 2 aromatic carbocycles. The Bertz CT molecular complexity index is 2200. The van der Waals surface area contributed by atoms with Crippen LogP contribution in [0.25, 0.3) is 45.1 Å². The van der Waals surface area contributed by atoms with E-state index in [2.05, 4.69) is 73.6 Å². The third kappa shape index (κ3) is 7.11. The maximum Gasteiger partial charge on any atom is 0.279 e. The van der Waals surface area contributed by atoms with Gasteiger partial charge in [-0.1, -0.05) is 72.3 Å². The molecule has 0 spiro atoms. The average molecular weight is 681 g/mol. The zero-order chi connectivity index (χ0) is 33.9. The highest BCUT2D eigenvalue weighted by Gasteiger charge is 2.21. The van der Waals surface area contributed by atoms with E-state index in [1.165, 1.54) is 0 Å². The van der Waals surface area contributed by atoms with Crippen LogP contribution in [-0.2, 0) is 0 Å². The fraction of sp³-hybridized carbons (Fsp3) is 0.294. The number of H-pyrrole nitrogens is 2. The molecule has 2 aliphatic heterocycles. The summed E-state index contributed by atoms with van der Waals surface area (Å²) in [5.74, 6) is 2.34. The summed E-state index contributed by atoms with van der Waals surface area (Å²) in [7, 11) is 4.19. The van der Waals surface area contributed by atoms with Gasteiger partial charge in [0.15, 0.2) is 33.3 Å². The molecule has 14 nitrogen and oxygen atoms in total. The molecule has 0 aliphatic carbocycles. The van der Waals surface area contributed by atoms with Crippen molar-refractivity contribution in [2.24, 2.45) is 0 Å². The number of aromatic amines is 2. The van der Waals surface area contributed by atoms with Crippen molar-refractivity contribution in [2.45, 2.75) is 0 Å². The van der Waals surface area contributed by atoms with E-state index in [0.717, 1.165) is 69.3 Å². The van der Waals surface area contributed by atoms with Crippen LogP contribution in [0.3, 0.4) is 0 Å². The molecular weight excluding hydrogens is 644 g/mol. The number of likely N-dealkylation sites (N-methyl/N-ethyl adjacent to an activating group) is 2. The number of rotatable bonds is 4. The molecule has 8 rings (SSSR count). The van der Waals surface area contributed by atoms with Crippen LogP contribution in [0.1, 0.15) is 1.43 Å². The van der Waals surface area contributed by atoms with E-state index in [1.54, 1.807) is 6.20 Å². The normalized spacial score (nSPS) is 15.7.